The van der Waals surface area contributed by atoms with Crippen molar-refractivity contribution in [3.63, 3.8) is 0 Å². The average Bonchev–Trinajstić information content (AvgIpc) is 2.51. The minimum atomic E-state index is -0.551. The summed E-state index contributed by atoms with van der Waals surface area (Å²) in [6.07, 6.45) is 1.11. The molecule has 0 aliphatic carbocycles. The van der Waals surface area contributed by atoms with Crippen molar-refractivity contribution in [1.82, 2.24) is 5.43 Å². The van der Waals surface area contributed by atoms with Gasteiger partial charge in [0.2, 0.25) is 0 Å². The van der Waals surface area contributed by atoms with E-state index >= 15 is 0 Å². The Morgan fingerprint density at radius 1 is 1.22 bits per heavy atom. The Labute approximate surface area is 146 Å². The van der Waals surface area contributed by atoms with Crippen LogP contribution in [0.4, 0.5) is 4.39 Å². The molecule has 2 rings (SSSR count). The van der Waals surface area contributed by atoms with Crippen molar-refractivity contribution in [2.45, 2.75) is 0 Å². The number of nitrogens with one attached hydrogen (secondary N) is 1. The number of ether oxygens (including phenoxy) is 1. The SMILES string of the molecule is O=C(COc1cc(Cl)ccc1Cl)N/N=C/c1c(F)cccc1Cl. The predicted molar refractivity (Wildman–Crippen MR) is 89.1 cm³/mol. The van der Waals surface area contributed by atoms with E-state index in [1.54, 1.807) is 12.1 Å². The van der Waals surface area contributed by atoms with Crippen LogP contribution in [0.1, 0.15) is 5.56 Å². The minimum absolute atomic E-state index is 0.0771. The molecule has 4 nitrogen and oxygen atoms in total. The van der Waals surface area contributed by atoms with Crippen LogP contribution in [0, 0.1) is 5.82 Å². The normalized spacial score (nSPS) is 10.8. The molecule has 0 aliphatic rings. The number of carbonyl (C=O) groups excluding carboxylic acids is 1. The zero-order chi connectivity index (χ0) is 16.8. The van der Waals surface area contributed by atoms with Gasteiger partial charge in [-0.25, -0.2) is 9.82 Å². The van der Waals surface area contributed by atoms with Crippen molar-refractivity contribution in [3.05, 3.63) is 62.8 Å². The molecule has 2 aromatic rings. The molecule has 0 atom stereocenters. The summed E-state index contributed by atoms with van der Waals surface area (Å²) in [5, 5.41) is 4.56. The van der Waals surface area contributed by atoms with E-state index in [0.717, 1.165) is 6.21 Å². The number of amides is 1. The molecule has 0 unspecified atom stereocenters. The molecule has 0 heterocycles. The second kappa shape index (κ2) is 8.15. The van der Waals surface area contributed by atoms with Gasteiger partial charge >= 0.3 is 0 Å². The molecule has 1 amide bonds. The van der Waals surface area contributed by atoms with Gasteiger partial charge in [0.25, 0.3) is 5.91 Å². The van der Waals surface area contributed by atoms with Gasteiger partial charge in [0.05, 0.1) is 16.3 Å². The summed E-state index contributed by atoms with van der Waals surface area (Å²) in [4.78, 5) is 11.6. The number of benzene rings is 2. The van der Waals surface area contributed by atoms with E-state index in [9.17, 15) is 9.18 Å². The molecule has 120 valence electrons. The van der Waals surface area contributed by atoms with E-state index in [-0.39, 0.29) is 22.9 Å². The molecule has 0 radical (unpaired) electrons. The third kappa shape index (κ3) is 5.10. The van der Waals surface area contributed by atoms with Gasteiger partial charge in [0, 0.05) is 16.7 Å². The quantitative estimate of drug-likeness (QED) is 0.625. The van der Waals surface area contributed by atoms with Crippen LogP contribution in [0.3, 0.4) is 0 Å². The fraction of sp³-hybridized carbons (Fsp3) is 0.0667. The van der Waals surface area contributed by atoms with E-state index in [4.69, 9.17) is 39.5 Å². The summed E-state index contributed by atoms with van der Waals surface area (Å²) in [5.41, 5.74) is 2.27. The molecule has 8 heteroatoms. The molecule has 0 fully saturated rings. The third-order valence-corrected chi connectivity index (χ3v) is 3.51. The molecule has 0 saturated heterocycles. The zero-order valence-electron chi connectivity index (χ0n) is 11.5. The van der Waals surface area contributed by atoms with Crippen LogP contribution in [-0.4, -0.2) is 18.7 Å². The highest BCUT2D eigenvalue weighted by Gasteiger charge is 2.07. The molecular formula is C15H10Cl3FN2O2. The molecule has 23 heavy (non-hydrogen) atoms. The topological polar surface area (TPSA) is 50.7 Å². The van der Waals surface area contributed by atoms with Crippen molar-refractivity contribution < 1.29 is 13.9 Å². The van der Waals surface area contributed by atoms with Crippen LogP contribution in [0.5, 0.6) is 5.75 Å². The van der Waals surface area contributed by atoms with Crippen molar-refractivity contribution in [2.75, 3.05) is 6.61 Å². The number of hydrogen-bond acceptors (Lipinski definition) is 3. The first-order valence-electron chi connectivity index (χ1n) is 6.31. The summed E-state index contributed by atoms with van der Waals surface area (Å²) in [6, 6.07) is 8.85. The van der Waals surface area contributed by atoms with Crippen LogP contribution in [-0.2, 0) is 4.79 Å². The Hall–Kier alpha value is -1.82. The van der Waals surface area contributed by atoms with Crippen LogP contribution in [0.15, 0.2) is 41.5 Å². The van der Waals surface area contributed by atoms with E-state index in [1.807, 2.05) is 0 Å². The van der Waals surface area contributed by atoms with Crippen molar-refractivity contribution in [2.24, 2.45) is 5.10 Å². The Kier molecular flexibility index (Phi) is 6.21. The third-order valence-electron chi connectivity index (χ3n) is 2.63. The highest BCUT2D eigenvalue weighted by molar-refractivity contribution is 6.34. The summed E-state index contributed by atoms with van der Waals surface area (Å²) in [5.74, 6) is -0.822. The first kappa shape index (κ1) is 17.5. The zero-order valence-corrected chi connectivity index (χ0v) is 13.8. The Morgan fingerprint density at radius 3 is 2.74 bits per heavy atom. The minimum Gasteiger partial charge on any atom is -0.482 e. The lowest BCUT2D eigenvalue weighted by atomic mass is 10.2. The molecule has 1 N–H and O–H groups in total. The molecule has 0 aliphatic heterocycles. The van der Waals surface area contributed by atoms with Gasteiger partial charge in [-0.05, 0) is 24.3 Å². The van der Waals surface area contributed by atoms with Crippen LogP contribution >= 0.6 is 34.8 Å². The van der Waals surface area contributed by atoms with Crippen LogP contribution < -0.4 is 10.2 Å². The van der Waals surface area contributed by atoms with Gasteiger partial charge in [-0.3, -0.25) is 4.79 Å². The second-order valence-electron chi connectivity index (χ2n) is 4.29. The Balaban J connectivity index is 1.90. The first-order chi connectivity index (χ1) is 11.0. The lowest BCUT2D eigenvalue weighted by molar-refractivity contribution is -0.123. The van der Waals surface area contributed by atoms with Crippen molar-refractivity contribution >= 4 is 46.9 Å². The molecule has 0 saturated carbocycles. The maximum atomic E-state index is 13.5. The van der Waals surface area contributed by atoms with Gasteiger partial charge in [0.15, 0.2) is 6.61 Å². The fourth-order valence-corrected chi connectivity index (χ4v) is 2.11. The second-order valence-corrected chi connectivity index (χ2v) is 5.54. The van der Waals surface area contributed by atoms with Gasteiger partial charge < -0.3 is 4.74 Å². The first-order valence-corrected chi connectivity index (χ1v) is 7.44. The highest BCUT2D eigenvalue weighted by atomic mass is 35.5. The molecule has 0 aromatic heterocycles. The maximum Gasteiger partial charge on any atom is 0.277 e. The van der Waals surface area contributed by atoms with Crippen LogP contribution in [0.25, 0.3) is 0 Å². The van der Waals surface area contributed by atoms with Gasteiger partial charge in [-0.15, -0.1) is 0 Å². The van der Waals surface area contributed by atoms with Crippen molar-refractivity contribution in [1.29, 1.82) is 0 Å². The summed E-state index contributed by atoms with van der Waals surface area (Å²) >= 11 is 17.5. The fourth-order valence-electron chi connectivity index (χ4n) is 1.57. The molecule has 0 spiro atoms. The lowest BCUT2D eigenvalue weighted by Crippen LogP contribution is -2.24. The van der Waals surface area contributed by atoms with Gasteiger partial charge in [0.1, 0.15) is 11.6 Å². The van der Waals surface area contributed by atoms with Gasteiger partial charge in [-0.1, -0.05) is 40.9 Å². The Bertz CT molecular complexity index is 733. The number of hydrazone groups is 1. The largest absolute Gasteiger partial charge is 0.482 e. The number of rotatable bonds is 5. The maximum absolute atomic E-state index is 13.5. The number of halogens is 4. The highest BCUT2D eigenvalue weighted by Crippen LogP contribution is 2.27. The summed E-state index contributed by atoms with van der Waals surface area (Å²) in [7, 11) is 0. The summed E-state index contributed by atoms with van der Waals surface area (Å²) < 4.78 is 18.7. The van der Waals surface area contributed by atoms with Crippen LogP contribution in [0.2, 0.25) is 15.1 Å². The van der Waals surface area contributed by atoms with Gasteiger partial charge in [-0.2, -0.15) is 5.10 Å². The number of nitrogens with zero attached hydrogens (tertiary/aromatic N) is 1. The summed E-state index contributed by atoms with van der Waals surface area (Å²) in [6.45, 7) is -0.331. The number of carbonyl (C=O) groups is 1. The average molecular weight is 376 g/mol. The van der Waals surface area contributed by atoms with E-state index in [2.05, 4.69) is 10.5 Å². The standard InChI is InChI=1S/C15H10Cl3FN2O2/c16-9-4-5-12(18)14(6-9)23-8-15(22)21-20-7-10-11(17)2-1-3-13(10)19/h1-7H,8H2,(H,21,22)/b20-7+. The monoisotopic (exact) mass is 374 g/mol. The van der Waals surface area contributed by atoms with E-state index in [1.165, 1.54) is 24.3 Å². The van der Waals surface area contributed by atoms with Crippen molar-refractivity contribution in [3.8, 4) is 5.75 Å². The lowest BCUT2D eigenvalue weighted by Gasteiger charge is -2.07. The Morgan fingerprint density at radius 2 is 2.00 bits per heavy atom. The predicted octanol–water partition coefficient (Wildman–Crippen LogP) is 4.32. The molecular weight excluding hydrogens is 366 g/mol. The molecule has 0 bridgehead atoms. The van der Waals surface area contributed by atoms with E-state index in [0.29, 0.717) is 10.0 Å². The smallest absolute Gasteiger partial charge is 0.277 e. The van der Waals surface area contributed by atoms with E-state index < -0.39 is 11.7 Å². The number of hydrogen-bond donors (Lipinski definition) is 1. The molecule has 2 aromatic carbocycles.